The van der Waals surface area contributed by atoms with E-state index in [0.717, 1.165) is 0 Å². The normalized spacial score (nSPS) is 15.3. The van der Waals surface area contributed by atoms with Crippen LogP contribution in [0.3, 0.4) is 0 Å². The second-order valence-electron chi connectivity index (χ2n) is 3.82. The molecule has 0 aromatic heterocycles. The monoisotopic (exact) mass is 270 g/mol. The number of carbonyl (C=O) groups excluding carboxylic acids is 1. The van der Waals surface area contributed by atoms with Gasteiger partial charge in [0.05, 0.1) is 13.2 Å². The average molecular weight is 271 g/mol. The first-order valence-corrected chi connectivity index (χ1v) is 6.12. The largest absolute Gasteiger partial charge is 0.473 e. The number of nitrogens with zero attached hydrogens (tertiary/aromatic N) is 1. The van der Waals surface area contributed by atoms with E-state index in [9.17, 15) is 4.79 Å². The molecule has 0 bridgehead atoms. The van der Waals surface area contributed by atoms with Gasteiger partial charge in [-0.1, -0.05) is 11.6 Å². The van der Waals surface area contributed by atoms with Crippen molar-refractivity contribution in [3.05, 3.63) is 29.3 Å². The van der Waals surface area contributed by atoms with Crippen molar-refractivity contribution in [2.45, 2.75) is 0 Å². The van der Waals surface area contributed by atoms with Gasteiger partial charge in [-0.2, -0.15) is 0 Å². The number of benzene rings is 1. The van der Waals surface area contributed by atoms with Crippen LogP contribution in [0.15, 0.2) is 24.3 Å². The Morgan fingerprint density at radius 3 is 2.67 bits per heavy atom. The molecule has 1 N–H and O–H groups in total. The van der Waals surface area contributed by atoms with Crippen LogP contribution in [-0.4, -0.2) is 44.0 Å². The molecule has 0 saturated carbocycles. The van der Waals surface area contributed by atoms with Crippen LogP contribution in [0.4, 0.5) is 4.79 Å². The molecule has 1 heterocycles. The van der Waals surface area contributed by atoms with Crippen molar-refractivity contribution in [1.82, 2.24) is 10.2 Å². The highest BCUT2D eigenvalue weighted by Gasteiger charge is 2.15. The molecule has 1 aromatic rings. The number of hydrogen-bond donors (Lipinski definition) is 1. The summed E-state index contributed by atoms with van der Waals surface area (Å²) in [6.45, 7) is 2.55. The molecule has 18 heavy (non-hydrogen) atoms. The Bertz CT molecular complexity index is 391. The maximum Gasteiger partial charge on any atom is 0.320 e. The van der Waals surface area contributed by atoms with Crippen molar-refractivity contribution in [1.29, 1.82) is 0 Å². The summed E-state index contributed by atoms with van der Waals surface area (Å²) in [7, 11) is 0. The Morgan fingerprint density at radius 2 is 2.00 bits per heavy atom. The molecule has 2 rings (SSSR count). The molecule has 1 aromatic carbocycles. The molecule has 1 aliphatic heterocycles. The van der Waals surface area contributed by atoms with Crippen molar-refractivity contribution < 1.29 is 14.3 Å². The van der Waals surface area contributed by atoms with Gasteiger partial charge in [0.1, 0.15) is 5.75 Å². The molecule has 2 amide bonds. The zero-order valence-corrected chi connectivity index (χ0v) is 10.7. The van der Waals surface area contributed by atoms with Crippen LogP contribution in [0.25, 0.3) is 0 Å². The molecule has 0 spiro atoms. The van der Waals surface area contributed by atoms with Crippen molar-refractivity contribution >= 4 is 17.6 Å². The second-order valence-corrected chi connectivity index (χ2v) is 4.26. The lowest BCUT2D eigenvalue weighted by molar-refractivity contribution is 0.0518. The van der Waals surface area contributed by atoms with Crippen LogP contribution >= 0.6 is 11.6 Å². The number of rotatable bonds is 3. The van der Waals surface area contributed by atoms with E-state index >= 15 is 0 Å². The SMILES string of the molecule is O=C(NCOc1ccc(Cl)cc1)N1CCOCC1. The number of ether oxygens (including phenoxy) is 2. The van der Waals surface area contributed by atoms with Gasteiger partial charge in [0.15, 0.2) is 6.73 Å². The van der Waals surface area contributed by atoms with E-state index < -0.39 is 0 Å². The van der Waals surface area contributed by atoms with Gasteiger partial charge in [0.25, 0.3) is 0 Å². The maximum absolute atomic E-state index is 11.7. The van der Waals surface area contributed by atoms with Crippen molar-refractivity contribution in [3.63, 3.8) is 0 Å². The third kappa shape index (κ3) is 3.78. The standard InChI is InChI=1S/C12H15ClN2O3/c13-10-1-3-11(4-2-10)18-9-14-12(16)15-5-7-17-8-6-15/h1-4H,5-9H2,(H,14,16). The fourth-order valence-corrected chi connectivity index (χ4v) is 1.72. The molecule has 0 atom stereocenters. The van der Waals surface area contributed by atoms with E-state index in [1.165, 1.54) is 0 Å². The van der Waals surface area contributed by atoms with E-state index in [0.29, 0.717) is 37.1 Å². The van der Waals surface area contributed by atoms with Crippen molar-refractivity contribution in [2.24, 2.45) is 0 Å². The van der Waals surface area contributed by atoms with E-state index in [1.807, 2.05) is 0 Å². The topological polar surface area (TPSA) is 50.8 Å². The van der Waals surface area contributed by atoms with Crippen LogP contribution in [0.5, 0.6) is 5.75 Å². The highest BCUT2D eigenvalue weighted by Crippen LogP contribution is 2.14. The molecule has 6 heteroatoms. The summed E-state index contributed by atoms with van der Waals surface area (Å²) in [5.41, 5.74) is 0. The van der Waals surface area contributed by atoms with Gasteiger partial charge in [-0.05, 0) is 24.3 Å². The Hall–Kier alpha value is -1.46. The van der Waals surface area contributed by atoms with Crippen LogP contribution in [-0.2, 0) is 4.74 Å². The molecule has 98 valence electrons. The van der Waals surface area contributed by atoms with Crippen LogP contribution in [0, 0.1) is 0 Å². The van der Waals surface area contributed by atoms with Gasteiger partial charge in [-0.25, -0.2) is 4.79 Å². The lowest BCUT2D eigenvalue weighted by Crippen LogP contribution is -2.47. The van der Waals surface area contributed by atoms with Gasteiger partial charge in [-0.15, -0.1) is 0 Å². The van der Waals surface area contributed by atoms with Gasteiger partial charge >= 0.3 is 6.03 Å². The first-order valence-electron chi connectivity index (χ1n) is 5.74. The highest BCUT2D eigenvalue weighted by atomic mass is 35.5. The lowest BCUT2D eigenvalue weighted by Gasteiger charge is -2.26. The molecular formula is C12H15ClN2O3. The van der Waals surface area contributed by atoms with E-state index in [4.69, 9.17) is 21.1 Å². The lowest BCUT2D eigenvalue weighted by atomic mass is 10.3. The number of nitrogens with one attached hydrogen (secondary N) is 1. The molecule has 1 fully saturated rings. The molecular weight excluding hydrogens is 256 g/mol. The van der Waals surface area contributed by atoms with E-state index in [2.05, 4.69) is 5.32 Å². The number of amides is 2. The number of halogens is 1. The summed E-state index contributed by atoms with van der Waals surface area (Å²) in [6.07, 6.45) is 0. The minimum atomic E-state index is -0.132. The summed E-state index contributed by atoms with van der Waals surface area (Å²) >= 11 is 5.75. The van der Waals surface area contributed by atoms with Crippen LogP contribution < -0.4 is 10.1 Å². The summed E-state index contributed by atoms with van der Waals surface area (Å²) in [6, 6.07) is 6.85. The Balaban J connectivity index is 1.71. The molecule has 0 radical (unpaired) electrons. The van der Waals surface area contributed by atoms with Crippen molar-refractivity contribution in [3.8, 4) is 5.75 Å². The first kappa shape index (κ1) is 13.0. The number of hydrogen-bond acceptors (Lipinski definition) is 3. The van der Waals surface area contributed by atoms with Gasteiger partial charge < -0.3 is 19.7 Å². The second kappa shape index (κ2) is 6.47. The summed E-state index contributed by atoms with van der Waals surface area (Å²) in [4.78, 5) is 13.4. The minimum absolute atomic E-state index is 0.132. The van der Waals surface area contributed by atoms with E-state index in [-0.39, 0.29) is 12.8 Å². The zero-order valence-electron chi connectivity index (χ0n) is 9.89. The molecule has 1 saturated heterocycles. The molecule has 5 nitrogen and oxygen atoms in total. The summed E-state index contributed by atoms with van der Waals surface area (Å²) in [5, 5.41) is 3.34. The Kier molecular flexibility index (Phi) is 4.66. The minimum Gasteiger partial charge on any atom is -0.473 e. The molecule has 1 aliphatic rings. The predicted octanol–water partition coefficient (Wildman–Crippen LogP) is 1.72. The first-order chi connectivity index (χ1) is 8.75. The smallest absolute Gasteiger partial charge is 0.320 e. The Morgan fingerprint density at radius 1 is 1.33 bits per heavy atom. The quantitative estimate of drug-likeness (QED) is 0.851. The summed E-state index contributed by atoms with van der Waals surface area (Å²) < 4.78 is 10.5. The number of morpholine rings is 1. The number of urea groups is 1. The highest BCUT2D eigenvalue weighted by molar-refractivity contribution is 6.30. The van der Waals surface area contributed by atoms with Crippen LogP contribution in [0.2, 0.25) is 5.02 Å². The van der Waals surface area contributed by atoms with Crippen molar-refractivity contribution in [2.75, 3.05) is 33.0 Å². The summed E-state index contributed by atoms with van der Waals surface area (Å²) in [5.74, 6) is 0.668. The third-order valence-electron chi connectivity index (χ3n) is 2.57. The molecule has 0 unspecified atom stereocenters. The fourth-order valence-electron chi connectivity index (χ4n) is 1.59. The maximum atomic E-state index is 11.7. The Labute approximate surface area is 111 Å². The van der Waals surface area contributed by atoms with E-state index in [1.54, 1.807) is 29.2 Å². The molecule has 0 aliphatic carbocycles. The van der Waals surface area contributed by atoms with Crippen LogP contribution in [0.1, 0.15) is 0 Å². The third-order valence-corrected chi connectivity index (χ3v) is 2.83. The number of carbonyl (C=O) groups is 1. The van der Waals surface area contributed by atoms with Gasteiger partial charge in [0, 0.05) is 18.1 Å². The fraction of sp³-hybridized carbons (Fsp3) is 0.417. The average Bonchev–Trinajstić information content (AvgIpc) is 2.42. The van der Waals surface area contributed by atoms with Gasteiger partial charge in [0.2, 0.25) is 0 Å². The predicted molar refractivity (Wildman–Crippen MR) is 67.9 cm³/mol. The van der Waals surface area contributed by atoms with Gasteiger partial charge in [-0.3, -0.25) is 0 Å². The zero-order chi connectivity index (χ0) is 12.8.